The molecule has 3 amide bonds. The summed E-state index contributed by atoms with van der Waals surface area (Å²) in [6, 6.07) is 8.07. The normalized spacial score (nSPS) is 18.0. The zero-order valence-corrected chi connectivity index (χ0v) is 15.1. The molecule has 0 unspecified atom stereocenters. The highest BCUT2D eigenvalue weighted by molar-refractivity contribution is 5.86. The molecule has 0 radical (unpaired) electrons. The fourth-order valence-corrected chi connectivity index (χ4v) is 3.80. The number of rotatable bonds is 2. The van der Waals surface area contributed by atoms with Gasteiger partial charge in [-0.15, -0.1) is 0 Å². The van der Waals surface area contributed by atoms with Crippen molar-refractivity contribution in [2.24, 2.45) is 0 Å². The molecule has 2 aromatic rings. The summed E-state index contributed by atoms with van der Waals surface area (Å²) in [5.74, 6) is -0.00485. The van der Waals surface area contributed by atoms with Gasteiger partial charge in [-0.05, 0) is 25.1 Å². The Bertz CT molecular complexity index is 822. The molecule has 4 rings (SSSR count). The molecule has 1 saturated heterocycles. The molecular weight excluding hydrogens is 330 g/mol. The monoisotopic (exact) mass is 355 g/mol. The Balaban J connectivity index is 1.34. The zero-order chi connectivity index (χ0) is 18.1. The zero-order valence-electron chi connectivity index (χ0n) is 15.1. The van der Waals surface area contributed by atoms with Gasteiger partial charge in [-0.1, -0.05) is 18.2 Å². The number of aromatic amines is 1. The number of hydrogen-bond acceptors (Lipinski definition) is 3. The minimum absolute atomic E-state index is 0.00485. The van der Waals surface area contributed by atoms with Crippen LogP contribution < -0.4 is 5.32 Å². The lowest BCUT2D eigenvalue weighted by Crippen LogP contribution is -2.51. The van der Waals surface area contributed by atoms with Crippen molar-refractivity contribution in [1.82, 2.24) is 25.0 Å². The van der Waals surface area contributed by atoms with Gasteiger partial charge in [-0.25, -0.2) is 4.79 Å². The van der Waals surface area contributed by atoms with E-state index < -0.39 is 0 Å². The van der Waals surface area contributed by atoms with Gasteiger partial charge in [0.1, 0.15) is 0 Å². The summed E-state index contributed by atoms with van der Waals surface area (Å²) in [5, 5.41) is 4.04. The largest absolute Gasteiger partial charge is 0.357 e. The van der Waals surface area contributed by atoms with Crippen LogP contribution in [0.25, 0.3) is 10.9 Å². The first-order chi connectivity index (χ1) is 12.6. The Hall–Kier alpha value is -2.54. The predicted molar refractivity (Wildman–Crippen MR) is 99.9 cm³/mol. The first-order valence-electron chi connectivity index (χ1n) is 9.19. The van der Waals surface area contributed by atoms with Crippen LogP contribution in [0.4, 0.5) is 4.79 Å². The molecule has 2 N–H and O–H groups in total. The Morgan fingerprint density at radius 1 is 1.08 bits per heavy atom. The summed E-state index contributed by atoms with van der Waals surface area (Å²) >= 11 is 0. The lowest BCUT2D eigenvalue weighted by Gasteiger charge is -2.33. The molecule has 0 aliphatic carbocycles. The quantitative estimate of drug-likeness (QED) is 0.845. The summed E-state index contributed by atoms with van der Waals surface area (Å²) in [6.45, 7) is 4.52. The van der Waals surface area contributed by atoms with Crippen molar-refractivity contribution in [3.05, 3.63) is 35.5 Å². The number of nitrogens with zero attached hydrogens (tertiary/aromatic N) is 3. The molecule has 138 valence electrons. The average Bonchev–Trinajstić information content (AvgIpc) is 3.04. The third kappa shape index (κ3) is 3.26. The van der Waals surface area contributed by atoms with Crippen LogP contribution in [0.5, 0.6) is 0 Å². The predicted octanol–water partition coefficient (Wildman–Crippen LogP) is 1.01. The summed E-state index contributed by atoms with van der Waals surface area (Å²) in [7, 11) is 2.05. The van der Waals surface area contributed by atoms with Crippen LogP contribution in [0.1, 0.15) is 11.3 Å². The van der Waals surface area contributed by atoms with Crippen LogP contribution in [0, 0.1) is 0 Å². The van der Waals surface area contributed by atoms with E-state index in [0.717, 1.165) is 43.8 Å². The number of fused-ring (bicyclic) bond motifs is 3. The van der Waals surface area contributed by atoms with E-state index in [-0.39, 0.29) is 18.5 Å². The summed E-state index contributed by atoms with van der Waals surface area (Å²) in [5.41, 5.74) is 3.51. The van der Waals surface area contributed by atoms with Gasteiger partial charge >= 0.3 is 6.03 Å². The highest BCUT2D eigenvalue weighted by atomic mass is 16.2. The smallest absolute Gasteiger partial charge is 0.318 e. The second-order valence-corrected chi connectivity index (χ2v) is 7.14. The van der Waals surface area contributed by atoms with Crippen molar-refractivity contribution < 1.29 is 9.59 Å². The lowest BCUT2D eigenvalue weighted by atomic mass is 10.0. The number of piperazine rings is 1. The van der Waals surface area contributed by atoms with E-state index in [4.69, 9.17) is 0 Å². The van der Waals surface area contributed by atoms with Crippen LogP contribution in [0.2, 0.25) is 0 Å². The first kappa shape index (κ1) is 16.9. The Labute approximate surface area is 152 Å². The van der Waals surface area contributed by atoms with Crippen molar-refractivity contribution in [2.45, 2.75) is 13.0 Å². The SMILES string of the molecule is CN1CCN(C(=O)CNC(=O)N2CCc3c([nH]c4ccccc34)C2)CC1. The van der Waals surface area contributed by atoms with Crippen LogP contribution in [0.3, 0.4) is 0 Å². The number of benzene rings is 1. The standard InChI is InChI=1S/C19H25N5O2/c1-22-8-10-23(11-9-22)18(25)12-20-19(26)24-7-6-15-14-4-2-3-5-16(14)21-17(15)13-24/h2-5,21H,6-13H2,1H3,(H,20,26). The number of H-pyrrole nitrogens is 1. The maximum absolute atomic E-state index is 12.5. The number of para-hydroxylation sites is 1. The van der Waals surface area contributed by atoms with Gasteiger partial charge < -0.3 is 25.0 Å². The van der Waals surface area contributed by atoms with Crippen LogP contribution in [0.15, 0.2) is 24.3 Å². The Kier molecular flexibility index (Phi) is 4.55. The molecule has 0 spiro atoms. The van der Waals surface area contributed by atoms with Gasteiger partial charge in [-0.3, -0.25) is 4.79 Å². The molecule has 7 heteroatoms. The molecule has 2 aliphatic heterocycles. The average molecular weight is 355 g/mol. The lowest BCUT2D eigenvalue weighted by molar-refractivity contribution is -0.131. The van der Waals surface area contributed by atoms with Gasteiger partial charge in [0, 0.05) is 49.3 Å². The second kappa shape index (κ2) is 6.99. The third-order valence-corrected chi connectivity index (χ3v) is 5.42. The molecule has 1 aromatic heterocycles. The number of urea groups is 1. The van der Waals surface area contributed by atoms with Gasteiger partial charge in [0.05, 0.1) is 13.1 Å². The van der Waals surface area contributed by atoms with Crippen molar-refractivity contribution in [2.75, 3.05) is 46.3 Å². The Morgan fingerprint density at radius 3 is 2.65 bits per heavy atom. The van der Waals surface area contributed by atoms with Crippen molar-refractivity contribution >= 4 is 22.8 Å². The van der Waals surface area contributed by atoms with E-state index in [1.54, 1.807) is 4.90 Å². The maximum atomic E-state index is 12.5. The fourth-order valence-electron chi connectivity index (χ4n) is 3.80. The summed E-state index contributed by atoms with van der Waals surface area (Å²) in [4.78, 5) is 34.0. The first-order valence-corrected chi connectivity index (χ1v) is 9.19. The molecular formula is C19H25N5O2. The van der Waals surface area contributed by atoms with Gasteiger partial charge in [0.25, 0.3) is 0 Å². The number of likely N-dealkylation sites (N-methyl/N-ethyl adjacent to an activating group) is 1. The molecule has 0 bridgehead atoms. The van der Waals surface area contributed by atoms with Gasteiger partial charge in [0.15, 0.2) is 0 Å². The fraction of sp³-hybridized carbons (Fsp3) is 0.474. The molecule has 0 saturated carbocycles. The third-order valence-electron chi connectivity index (χ3n) is 5.42. The Morgan fingerprint density at radius 2 is 1.85 bits per heavy atom. The van der Waals surface area contributed by atoms with Crippen LogP contribution in [-0.4, -0.2) is 77.9 Å². The number of carbonyl (C=O) groups is 2. The van der Waals surface area contributed by atoms with E-state index in [9.17, 15) is 9.59 Å². The van der Waals surface area contributed by atoms with Crippen molar-refractivity contribution in [3.8, 4) is 0 Å². The minimum atomic E-state index is -0.170. The van der Waals surface area contributed by atoms with E-state index in [1.807, 2.05) is 17.0 Å². The highest BCUT2D eigenvalue weighted by Crippen LogP contribution is 2.27. The van der Waals surface area contributed by atoms with Gasteiger partial charge in [-0.2, -0.15) is 0 Å². The molecule has 26 heavy (non-hydrogen) atoms. The molecule has 0 atom stereocenters. The van der Waals surface area contributed by atoms with E-state index in [2.05, 4.69) is 34.4 Å². The number of carbonyl (C=O) groups excluding carboxylic acids is 2. The topological polar surface area (TPSA) is 71.7 Å². The highest BCUT2D eigenvalue weighted by Gasteiger charge is 2.25. The van der Waals surface area contributed by atoms with Gasteiger partial charge in [0.2, 0.25) is 5.91 Å². The van der Waals surface area contributed by atoms with E-state index in [1.165, 1.54) is 10.9 Å². The van der Waals surface area contributed by atoms with E-state index in [0.29, 0.717) is 13.1 Å². The summed E-state index contributed by atoms with van der Waals surface area (Å²) in [6.07, 6.45) is 0.833. The second-order valence-electron chi connectivity index (χ2n) is 7.14. The number of aromatic nitrogens is 1. The minimum Gasteiger partial charge on any atom is -0.357 e. The molecule has 3 heterocycles. The molecule has 1 fully saturated rings. The molecule has 7 nitrogen and oxygen atoms in total. The van der Waals surface area contributed by atoms with Crippen molar-refractivity contribution in [1.29, 1.82) is 0 Å². The van der Waals surface area contributed by atoms with E-state index >= 15 is 0 Å². The number of amides is 3. The van der Waals surface area contributed by atoms with Crippen molar-refractivity contribution in [3.63, 3.8) is 0 Å². The number of hydrogen-bond donors (Lipinski definition) is 2. The molecule has 2 aliphatic rings. The molecule has 1 aromatic carbocycles. The number of nitrogens with one attached hydrogen (secondary N) is 2. The maximum Gasteiger partial charge on any atom is 0.318 e. The van der Waals surface area contributed by atoms with Crippen LogP contribution in [-0.2, 0) is 17.8 Å². The summed E-state index contributed by atoms with van der Waals surface area (Å²) < 4.78 is 0. The van der Waals surface area contributed by atoms with Crippen LogP contribution >= 0.6 is 0 Å².